The molecule has 1 aromatic rings. The highest BCUT2D eigenvalue weighted by Gasteiger charge is 2.39. The Morgan fingerprint density at radius 1 is 1.39 bits per heavy atom. The number of carbonyl (C=O) groups is 1. The molecule has 0 aliphatic heterocycles. The van der Waals surface area contributed by atoms with Gasteiger partial charge in [-0.3, -0.25) is 9.69 Å². The summed E-state index contributed by atoms with van der Waals surface area (Å²) in [5.74, 6) is 1.16. The molecule has 0 aromatic carbocycles. The van der Waals surface area contributed by atoms with Gasteiger partial charge in [-0.05, 0) is 26.3 Å². The predicted molar refractivity (Wildman–Crippen MR) is 85.9 cm³/mol. The number of hydrogen-bond acceptors (Lipinski definition) is 6. The van der Waals surface area contributed by atoms with E-state index in [0.29, 0.717) is 24.9 Å². The van der Waals surface area contributed by atoms with Crippen LogP contribution in [0.3, 0.4) is 0 Å². The molecule has 23 heavy (non-hydrogen) atoms. The fourth-order valence-corrected chi connectivity index (χ4v) is 3.16. The predicted octanol–water partition coefficient (Wildman–Crippen LogP) is 1.62. The van der Waals surface area contributed by atoms with Crippen molar-refractivity contribution >= 4 is 5.91 Å². The van der Waals surface area contributed by atoms with Crippen LogP contribution >= 0.6 is 0 Å². The Hall–Kier alpha value is -1.47. The minimum absolute atomic E-state index is 0.00858. The van der Waals surface area contributed by atoms with E-state index >= 15 is 0 Å². The standard InChI is InChI=1S/C16H28N4O3/c1-13-17-15(19-23-13)16(8-5-4-6-9-16)18-14(21)12-20(2)10-7-11-22-3/h4-12H2,1-3H3,(H,18,21). The maximum Gasteiger partial charge on any atom is 0.234 e. The largest absolute Gasteiger partial charge is 0.385 e. The van der Waals surface area contributed by atoms with Crippen LogP contribution in [0.25, 0.3) is 0 Å². The second-order valence-corrected chi connectivity index (χ2v) is 6.41. The zero-order valence-corrected chi connectivity index (χ0v) is 14.4. The van der Waals surface area contributed by atoms with Gasteiger partial charge in [0.1, 0.15) is 5.54 Å². The van der Waals surface area contributed by atoms with Gasteiger partial charge in [0.05, 0.1) is 6.54 Å². The number of likely N-dealkylation sites (N-methyl/N-ethyl adjacent to an activating group) is 1. The first kappa shape index (κ1) is 17.9. The van der Waals surface area contributed by atoms with Gasteiger partial charge in [-0.2, -0.15) is 4.98 Å². The van der Waals surface area contributed by atoms with Crippen LogP contribution in [0.2, 0.25) is 0 Å². The molecular weight excluding hydrogens is 296 g/mol. The third-order valence-corrected chi connectivity index (χ3v) is 4.34. The van der Waals surface area contributed by atoms with Gasteiger partial charge < -0.3 is 14.6 Å². The molecular formula is C16H28N4O3. The lowest BCUT2D eigenvalue weighted by Crippen LogP contribution is -2.50. The summed E-state index contributed by atoms with van der Waals surface area (Å²) in [6.07, 6.45) is 5.96. The van der Waals surface area contributed by atoms with Gasteiger partial charge >= 0.3 is 0 Å². The Kier molecular flexibility index (Phi) is 6.53. The first-order valence-corrected chi connectivity index (χ1v) is 8.35. The molecule has 0 spiro atoms. The summed E-state index contributed by atoms with van der Waals surface area (Å²) in [6.45, 7) is 3.67. The van der Waals surface area contributed by atoms with E-state index in [9.17, 15) is 4.79 Å². The third kappa shape index (κ3) is 5.00. The number of ether oxygens (including phenoxy) is 1. The van der Waals surface area contributed by atoms with Crippen LogP contribution < -0.4 is 5.32 Å². The fourth-order valence-electron chi connectivity index (χ4n) is 3.16. The molecule has 1 amide bonds. The molecule has 7 nitrogen and oxygen atoms in total. The Bertz CT molecular complexity index is 497. The van der Waals surface area contributed by atoms with Crippen LogP contribution in [-0.2, 0) is 15.1 Å². The van der Waals surface area contributed by atoms with Crippen LogP contribution in [0.5, 0.6) is 0 Å². The lowest BCUT2D eigenvalue weighted by Gasteiger charge is -2.35. The molecule has 7 heteroatoms. The maximum absolute atomic E-state index is 12.5. The normalized spacial score (nSPS) is 17.4. The highest BCUT2D eigenvalue weighted by atomic mass is 16.5. The van der Waals surface area contributed by atoms with Crippen LogP contribution in [-0.4, -0.2) is 54.8 Å². The molecule has 1 fully saturated rings. The van der Waals surface area contributed by atoms with Crippen molar-refractivity contribution in [3.05, 3.63) is 11.7 Å². The van der Waals surface area contributed by atoms with E-state index in [1.54, 1.807) is 14.0 Å². The SMILES string of the molecule is COCCCN(C)CC(=O)NC1(c2noc(C)n2)CCCCC1. The molecule has 0 atom stereocenters. The van der Waals surface area contributed by atoms with Crippen molar-refractivity contribution < 1.29 is 14.1 Å². The van der Waals surface area contributed by atoms with E-state index in [2.05, 4.69) is 15.5 Å². The minimum atomic E-state index is -0.472. The second-order valence-electron chi connectivity index (χ2n) is 6.41. The van der Waals surface area contributed by atoms with E-state index in [-0.39, 0.29) is 5.91 Å². The fraction of sp³-hybridized carbons (Fsp3) is 0.812. The first-order chi connectivity index (χ1) is 11.1. The maximum atomic E-state index is 12.5. The first-order valence-electron chi connectivity index (χ1n) is 8.35. The summed E-state index contributed by atoms with van der Waals surface area (Å²) in [5, 5.41) is 7.26. The van der Waals surface area contributed by atoms with E-state index in [4.69, 9.17) is 9.26 Å². The number of nitrogens with zero attached hydrogens (tertiary/aromatic N) is 3. The number of rotatable bonds is 8. The quantitative estimate of drug-likeness (QED) is 0.732. The summed E-state index contributed by atoms with van der Waals surface area (Å²) in [4.78, 5) is 18.9. The third-order valence-electron chi connectivity index (χ3n) is 4.34. The lowest BCUT2D eigenvalue weighted by molar-refractivity contribution is -0.124. The number of nitrogens with one attached hydrogen (secondary N) is 1. The summed E-state index contributed by atoms with van der Waals surface area (Å²) in [7, 11) is 3.63. The van der Waals surface area contributed by atoms with Crippen LogP contribution in [0.15, 0.2) is 4.52 Å². The molecule has 0 radical (unpaired) electrons. The number of aryl methyl sites for hydroxylation is 1. The van der Waals surface area contributed by atoms with Gasteiger partial charge in [-0.25, -0.2) is 0 Å². The van der Waals surface area contributed by atoms with Crippen molar-refractivity contribution in [2.75, 3.05) is 33.9 Å². The summed E-state index contributed by atoms with van der Waals surface area (Å²) in [6, 6.07) is 0. The zero-order chi connectivity index (χ0) is 16.7. The molecule has 1 N–H and O–H groups in total. The number of methoxy groups -OCH3 is 1. The van der Waals surface area contributed by atoms with Crippen LogP contribution in [0.1, 0.15) is 50.2 Å². The summed E-state index contributed by atoms with van der Waals surface area (Å²) in [5.41, 5.74) is -0.472. The molecule has 0 bridgehead atoms. The van der Waals surface area contributed by atoms with Gasteiger partial charge in [0.2, 0.25) is 11.8 Å². The molecule has 130 valence electrons. The minimum Gasteiger partial charge on any atom is -0.385 e. The van der Waals surface area contributed by atoms with Gasteiger partial charge in [-0.1, -0.05) is 24.4 Å². The van der Waals surface area contributed by atoms with Crippen LogP contribution in [0, 0.1) is 6.92 Å². The molecule has 1 saturated carbocycles. The molecule has 0 unspecified atom stereocenters. The van der Waals surface area contributed by atoms with Gasteiger partial charge in [-0.15, -0.1) is 0 Å². The number of amides is 1. The molecule has 2 rings (SSSR count). The van der Waals surface area contributed by atoms with Crippen LogP contribution in [0.4, 0.5) is 0 Å². The number of aromatic nitrogens is 2. The van der Waals surface area contributed by atoms with Gasteiger partial charge in [0, 0.05) is 27.2 Å². The highest BCUT2D eigenvalue weighted by Crippen LogP contribution is 2.35. The lowest BCUT2D eigenvalue weighted by atomic mass is 9.81. The Morgan fingerprint density at radius 2 is 2.13 bits per heavy atom. The molecule has 1 heterocycles. The Labute approximate surface area is 137 Å². The monoisotopic (exact) mass is 324 g/mol. The zero-order valence-electron chi connectivity index (χ0n) is 14.4. The molecule has 1 aliphatic carbocycles. The second kappa shape index (κ2) is 8.40. The van der Waals surface area contributed by atoms with E-state index in [0.717, 1.165) is 38.6 Å². The van der Waals surface area contributed by atoms with Crippen molar-refractivity contribution in [1.82, 2.24) is 20.4 Å². The Balaban J connectivity index is 1.96. The summed E-state index contributed by atoms with van der Waals surface area (Å²) >= 11 is 0. The number of carbonyl (C=O) groups excluding carboxylic acids is 1. The molecule has 0 saturated heterocycles. The van der Waals surface area contributed by atoms with Gasteiger partial charge in [0.25, 0.3) is 0 Å². The van der Waals surface area contributed by atoms with Crippen molar-refractivity contribution in [2.24, 2.45) is 0 Å². The van der Waals surface area contributed by atoms with Crippen molar-refractivity contribution in [2.45, 2.75) is 51.0 Å². The topological polar surface area (TPSA) is 80.5 Å². The van der Waals surface area contributed by atoms with Crippen molar-refractivity contribution in [1.29, 1.82) is 0 Å². The average Bonchev–Trinajstić information content (AvgIpc) is 2.95. The van der Waals surface area contributed by atoms with E-state index < -0.39 is 5.54 Å². The smallest absolute Gasteiger partial charge is 0.234 e. The molecule has 1 aromatic heterocycles. The van der Waals surface area contributed by atoms with E-state index in [1.807, 2.05) is 11.9 Å². The summed E-state index contributed by atoms with van der Waals surface area (Å²) < 4.78 is 10.2. The van der Waals surface area contributed by atoms with Crippen molar-refractivity contribution in [3.63, 3.8) is 0 Å². The highest BCUT2D eigenvalue weighted by molar-refractivity contribution is 5.79. The Morgan fingerprint density at radius 3 is 2.74 bits per heavy atom. The molecule has 1 aliphatic rings. The van der Waals surface area contributed by atoms with E-state index in [1.165, 1.54) is 6.42 Å². The number of hydrogen-bond donors (Lipinski definition) is 1. The van der Waals surface area contributed by atoms with Gasteiger partial charge in [0.15, 0.2) is 5.82 Å². The van der Waals surface area contributed by atoms with Crippen molar-refractivity contribution in [3.8, 4) is 0 Å². The average molecular weight is 324 g/mol.